The van der Waals surface area contributed by atoms with E-state index in [2.05, 4.69) is 36.9 Å². The van der Waals surface area contributed by atoms with Crippen molar-refractivity contribution in [3.63, 3.8) is 0 Å². The van der Waals surface area contributed by atoms with Gasteiger partial charge in [-0.05, 0) is 44.3 Å². The van der Waals surface area contributed by atoms with Crippen LogP contribution in [0.1, 0.15) is 38.2 Å². The van der Waals surface area contributed by atoms with Crippen molar-refractivity contribution in [3.8, 4) is 0 Å². The lowest BCUT2D eigenvalue weighted by Crippen LogP contribution is -2.09. The molecule has 4 N–H and O–H groups in total. The number of nitrogens with two attached hydrogens (primary N) is 2. The summed E-state index contributed by atoms with van der Waals surface area (Å²) in [7, 11) is 1.50. The molecule has 0 unspecified atom stereocenters. The van der Waals surface area contributed by atoms with E-state index in [1.54, 1.807) is 0 Å². The number of benzene rings is 1. The van der Waals surface area contributed by atoms with Gasteiger partial charge in [-0.15, -0.1) is 0 Å². The predicted octanol–water partition coefficient (Wildman–Crippen LogP) is 2.96. The van der Waals surface area contributed by atoms with Gasteiger partial charge in [0.25, 0.3) is 0 Å². The van der Waals surface area contributed by atoms with Gasteiger partial charge in [0.2, 0.25) is 0 Å². The maximum Gasteiger partial charge on any atom is -0.00489 e. The molecule has 0 amide bonds. The van der Waals surface area contributed by atoms with Gasteiger partial charge in [-0.25, -0.2) is 0 Å². The maximum atomic E-state index is 5.43. The summed E-state index contributed by atoms with van der Waals surface area (Å²) >= 11 is 0. The Bertz CT molecular complexity index is 240. The van der Waals surface area contributed by atoms with Gasteiger partial charge in [-0.1, -0.05) is 50.1 Å². The Morgan fingerprint density at radius 1 is 1.06 bits per heavy atom. The predicted molar refractivity (Wildman–Crippen MR) is 76.9 cm³/mol. The molecule has 0 spiro atoms. The molecular formula is C15H28N2. The molecule has 1 fully saturated rings. The summed E-state index contributed by atoms with van der Waals surface area (Å²) in [5.41, 5.74) is 11.3. The summed E-state index contributed by atoms with van der Waals surface area (Å²) in [5.74, 6) is 0.875. The van der Waals surface area contributed by atoms with Crippen molar-refractivity contribution in [1.82, 2.24) is 0 Å². The quantitative estimate of drug-likeness (QED) is 0.829. The zero-order valence-corrected chi connectivity index (χ0v) is 11.4. The molecule has 98 valence electrons. The van der Waals surface area contributed by atoms with Crippen LogP contribution in [0.25, 0.3) is 0 Å². The Morgan fingerprint density at radius 2 is 1.59 bits per heavy atom. The molecule has 0 bridgehead atoms. The number of hydrogen-bond donors (Lipinski definition) is 2. The van der Waals surface area contributed by atoms with Gasteiger partial charge in [-0.2, -0.15) is 0 Å². The zero-order chi connectivity index (χ0) is 12.9. The number of hydrogen-bond acceptors (Lipinski definition) is 2. The fourth-order valence-electron chi connectivity index (χ4n) is 1.96. The highest BCUT2D eigenvalue weighted by molar-refractivity contribution is 5.13. The van der Waals surface area contributed by atoms with Crippen molar-refractivity contribution in [2.45, 2.75) is 39.0 Å². The molecule has 1 aromatic carbocycles. The third-order valence-corrected chi connectivity index (χ3v) is 3.06. The molecule has 2 heteroatoms. The van der Waals surface area contributed by atoms with Crippen molar-refractivity contribution < 1.29 is 0 Å². The molecular weight excluding hydrogens is 208 g/mol. The maximum absolute atomic E-state index is 5.43. The Kier molecular flexibility index (Phi) is 11.0. The van der Waals surface area contributed by atoms with Crippen LogP contribution in [0.4, 0.5) is 0 Å². The van der Waals surface area contributed by atoms with Crippen molar-refractivity contribution in [1.29, 1.82) is 0 Å². The van der Waals surface area contributed by atoms with E-state index in [1.165, 1.54) is 38.3 Å². The Hall–Kier alpha value is -0.860. The lowest BCUT2D eigenvalue weighted by molar-refractivity contribution is 0.562. The van der Waals surface area contributed by atoms with Gasteiger partial charge in [0, 0.05) is 0 Å². The van der Waals surface area contributed by atoms with Crippen LogP contribution in [0.2, 0.25) is 0 Å². The third-order valence-electron chi connectivity index (χ3n) is 3.06. The molecule has 2 nitrogen and oxygen atoms in total. The second-order valence-corrected chi connectivity index (χ2v) is 4.23. The minimum absolute atomic E-state index is 0.875. The number of aryl methyl sites for hydroxylation is 1. The highest BCUT2D eigenvalue weighted by atomic mass is 14.5. The first kappa shape index (κ1) is 16.1. The van der Waals surface area contributed by atoms with E-state index in [0.717, 1.165) is 18.9 Å². The summed E-state index contributed by atoms with van der Waals surface area (Å²) < 4.78 is 0. The number of rotatable bonds is 2. The van der Waals surface area contributed by atoms with E-state index in [0.29, 0.717) is 0 Å². The summed E-state index contributed by atoms with van der Waals surface area (Å²) in [5, 5.41) is 0. The van der Waals surface area contributed by atoms with Crippen LogP contribution in [0.15, 0.2) is 30.3 Å². The van der Waals surface area contributed by atoms with Gasteiger partial charge in [0.05, 0.1) is 0 Å². The van der Waals surface area contributed by atoms with Crippen molar-refractivity contribution >= 4 is 0 Å². The largest absolute Gasteiger partial charge is 0.333 e. The fourth-order valence-corrected chi connectivity index (χ4v) is 1.96. The summed E-state index contributed by atoms with van der Waals surface area (Å²) in [6.45, 7) is 3.08. The molecule has 0 aromatic heterocycles. The minimum atomic E-state index is 0.875. The second kappa shape index (κ2) is 11.6. The summed E-state index contributed by atoms with van der Waals surface area (Å²) in [4.78, 5) is 0. The molecule has 0 atom stereocenters. The van der Waals surface area contributed by atoms with Crippen LogP contribution in [0, 0.1) is 5.92 Å². The highest BCUT2D eigenvalue weighted by Gasteiger charge is 2.11. The fraction of sp³-hybridized carbons (Fsp3) is 0.600. The average molecular weight is 236 g/mol. The van der Waals surface area contributed by atoms with E-state index in [-0.39, 0.29) is 0 Å². The summed E-state index contributed by atoms with van der Waals surface area (Å²) in [6, 6.07) is 10.5. The molecule has 17 heavy (non-hydrogen) atoms. The van der Waals surface area contributed by atoms with E-state index in [1.807, 2.05) is 6.07 Å². The first-order valence-electron chi connectivity index (χ1n) is 6.68. The third kappa shape index (κ3) is 7.94. The Morgan fingerprint density at radius 3 is 1.88 bits per heavy atom. The van der Waals surface area contributed by atoms with E-state index in [4.69, 9.17) is 5.73 Å². The molecule has 2 rings (SSSR count). The van der Waals surface area contributed by atoms with E-state index in [9.17, 15) is 0 Å². The molecule has 0 aliphatic heterocycles. The Balaban J connectivity index is 0.000000265. The van der Waals surface area contributed by atoms with Crippen molar-refractivity contribution in [2.24, 2.45) is 17.4 Å². The minimum Gasteiger partial charge on any atom is -0.333 e. The molecule has 0 saturated heterocycles. The topological polar surface area (TPSA) is 52.0 Å². The monoisotopic (exact) mass is 236 g/mol. The lowest BCUT2D eigenvalue weighted by Gasteiger charge is -1.99. The molecule has 0 radical (unpaired) electrons. The Labute approximate surface area is 106 Å². The molecule has 1 aliphatic rings. The van der Waals surface area contributed by atoms with Gasteiger partial charge in [-0.3, -0.25) is 0 Å². The lowest BCUT2D eigenvalue weighted by atomic mass is 10.1. The SMILES string of the molecule is CCc1ccccc1.CN.NCC1CCCC1. The molecule has 1 aromatic rings. The van der Waals surface area contributed by atoms with Crippen LogP contribution in [-0.2, 0) is 6.42 Å². The molecule has 1 aliphatic carbocycles. The van der Waals surface area contributed by atoms with E-state index < -0.39 is 0 Å². The zero-order valence-electron chi connectivity index (χ0n) is 11.4. The first-order valence-corrected chi connectivity index (χ1v) is 6.68. The van der Waals surface area contributed by atoms with Crippen molar-refractivity contribution in [2.75, 3.05) is 13.6 Å². The van der Waals surface area contributed by atoms with Crippen LogP contribution in [0.3, 0.4) is 0 Å². The standard InChI is InChI=1S/C8H10.C6H13N.CH5N/c1-2-8-6-4-3-5-7-8;7-5-6-3-1-2-4-6;1-2/h3-7H,2H2,1H3;6H,1-5,7H2;2H2,1H3. The summed E-state index contributed by atoms with van der Waals surface area (Å²) in [6.07, 6.45) is 6.75. The second-order valence-electron chi connectivity index (χ2n) is 4.23. The normalized spacial score (nSPS) is 14.4. The van der Waals surface area contributed by atoms with Crippen LogP contribution in [-0.4, -0.2) is 13.6 Å². The van der Waals surface area contributed by atoms with Crippen molar-refractivity contribution in [3.05, 3.63) is 35.9 Å². The van der Waals surface area contributed by atoms with Gasteiger partial charge in [0.1, 0.15) is 0 Å². The molecule has 0 heterocycles. The van der Waals surface area contributed by atoms with Crippen LogP contribution >= 0.6 is 0 Å². The highest BCUT2D eigenvalue weighted by Crippen LogP contribution is 2.22. The molecule has 1 saturated carbocycles. The smallest absolute Gasteiger partial charge is 0.00489 e. The van der Waals surface area contributed by atoms with Gasteiger partial charge >= 0.3 is 0 Å². The van der Waals surface area contributed by atoms with Crippen LogP contribution < -0.4 is 11.5 Å². The van der Waals surface area contributed by atoms with E-state index >= 15 is 0 Å². The first-order chi connectivity index (χ1) is 8.36. The average Bonchev–Trinajstić information content (AvgIpc) is 2.96. The van der Waals surface area contributed by atoms with Gasteiger partial charge in [0.15, 0.2) is 0 Å². The van der Waals surface area contributed by atoms with Gasteiger partial charge < -0.3 is 11.5 Å². The van der Waals surface area contributed by atoms with Crippen LogP contribution in [0.5, 0.6) is 0 Å².